The first-order chi connectivity index (χ1) is 10.1. The molecule has 0 aliphatic heterocycles. The van der Waals surface area contributed by atoms with E-state index in [1.165, 1.54) is 0 Å². The second-order valence-corrected chi connectivity index (χ2v) is 8.92. The van der Waals surface area contributed by atoms with Gasteiger partial charge in [-0.2, -0.15) is 0 Å². The molecule has 0 bridgehead atoms. The number of hydrogen-bond donors (Lipinski definition) is 1. The van der Waals surface area contributed by atoms with Crippen molar-refractivity contribution in [2.75, 3.05) is 6.61 Å². The topological polar surface area (TPSA) is 30.5 Å². The Morgan fingerprint density at radius 2 is 1.82 bits per heavy atom. The van der Waals surface area contributed by atoms with Crippen molar-refractivity contribution in [2.45, 2.75) is 84.6 Å². The van der Waals surface area contributed by atoms with Crippen molar-refractivity contribution in [3.63, 3.8) is 0 Å². The lowest BCUT2D eigenvalue weighted by molar-refractivity contribution is -0.0502. The Bertz CT molecular complexity index is 420. The van der Waals surface area contributed by atoms with Gasteiger partial charge in [-0.05, 0) is 57.6 Å². The van der Waals surface area contributed by atoms with Gasteiger partial charge < -0.3 is 14.8 Å². The minimum absolute atomic E-state index is 0.167. The number of ether oxygens (including phenoxy) is 2. The number of hydrogen-bond acceptors (Lipinski definition) is 3. The average Bonchev–Trinajstić information content (AvgIpc) is 2.32. The molecule has 1 saturated carbocycles. The maximum Gasteiger partial charge on any atom is 0.117 e. The van der Waals surface area contributed by atoms with Crippen LogP contribution >= 0.6 is 0 Å². The van der Waals surface area contributed by atoms with Gasteiger partial charge in [0.15, 0.2) is 0 Å². The molecule has 0 aromatic heterocycles. The Kier molecular flexibility index (Phi) is 5.39. The van der Waals surface area contributed by atoms with Crippen LogP contribution in [0, 0.1) is 5.41 Å². The summed E-state index contributed by atoms with van der Waals surface area (Å²) in [6.07, 6.45) is 10.1. The predicted octanol–water partition coefficient (Wildman–Crippen LogP) is 4.20. The van der Waals surface area contributed by atoms with Crippen molar-refractivity contribution in [3.8, 4) is 0 Å². The molecular weight excluding hydrogens is 274 g/mol. The van der Waals surface area contributed by atoms with Crippen LogP contribution in [0.4, 0.5) is 0 Å². The monoisotopic (exact) mass is 307 g/mol. The molecular formula is C19H33NO2. The maximum absolute atomic E-state index is 6.19. The third-order valence-electron chi connectivity index (χ3n) is 3.77. The molecule has 3 heteroatoms. The first kappa shape index (κ1) is 17.6. The van der Waals surface area contributed by atoms with Gasteiger partial charge in [-0.3, -0.25) is 0 Å². The summed E-state index contributed by atoms with van der Waals surface area (Å²) >= 11 is 0. The van der Waals surface area contributed by atoms with Crippen molar-refractivity contribution in [3.05, 3.63) is 24.0 Å². The number of nitrogens with one attached hydrogen (secondary N) is 1. The highest BCUT2D eigenvalue weighted by Crippen LogP contribution is 2.29. The van der Waals surface area contributed by atoms with E-state index in [2.05, 4.69) is 65.1 Å². The van der Waals surface area contributed by atoms with Gasteiger partial charge in [0.1, 0.15) is 5.76 Å². The molecule has 2 aliphatic rings. The smallest absolute Gasteiger partial charge is 0.117 e. The van der Waals surface area contributed by atoms with Gasteiger partial charge in [-0.15, -0.1) is 0 Å². The summed E-state index contributed by atoms with van der Waals surface area (Å²) in [4.78, 5) is 0. The van der Waals surface area contributed by atoms with Gasteiger partial charge in [-0.25, -0.2) is 0 Å². The number of rotatable bonds is 5. The molecule has 0 unspecified atom stereocenters. The van der Waals surface area contributed by atoms with E-state index in [0.717, 1.165) is 31.6 Å². The predicted molar refractivity (Wildman–Crippen MR) is 91.8 cm³/mol. The first-order valence-corrected chi connectivity index (χ1v) is 8.55. The largest absolute Gasteiger partial charge is 0.493 e. The lowest BCUT2D eigenvalue weighted by Crippen LogP contribution is -2.53. The van der Waals surface area contributed by atoms with Crippen LogP contribution in [0.3, 0.4) is 0 Å². The quantitative estimate of drug-likeness (QED) is 0.826. The Hall–Kier alpha value is -0.800. The summed E-state index contributed by atoms with van der Waals surface area (Å²) in [5.74, 6) is 0.954. The first-order valence-electron chi connectivity index (χ1n) is 8.55. The fraction of sp³-hybridized carbons (Fsp3) is 0.789. The molecule has 126 valence electrons. The van der Waals surface area contributed by atoms with Crippen molar-refractivity contribution < 1.29 is 9.47 Å². The van der Waals surface area contributed by atoms with E-state index in [1.54, 1.807) is 0 Å². The van der Waals surface area contributed by atoms with Gasteiger partial charge in [0.2, 0.25) is 0 Å². The molecule has 0 radical (unpaired) electrons. The minimum Gasteiger partial charge on any atom is -0.493 e. The molecule has 0 aromatic carbocycles. The van der Waals surface area contributed by atoms with E-state index in [0.29, 0.717) is 12.1 Å². The molecule has 3 nitrogen and oxygen atoms in total. The summed E-state index contributed by atoms with van der Waals surface area (Å²) in [5.41, 5.74) is 0.374. The molecule has 22 heavy (non-hydrogen) atoms. The highest BCUT2D eigenvalue weighted by Gasteiger charge is 2.33. The summed E-state index contributed by atoms with van der Waals surface area (Å²) in [7, 11) is 0. The van der Waals surface area contributed by atoms with E-state index < -0.39 is 0 Å². The lowest BCUT2D eigenvalue weighted by Gasteiger charge is -2.41. The molecule has 0 amide bonds. The zero-order valence-corrected chi connectivity index (χ0v) is 15.1. The van der Waals surface area contributed by atoms with Gasteiger partial charge in [0.25, 0.3) is 0 Å². The van der Waals surface area contributed by atoms with Gasteiger partial charge >= 0.3 is 0 Å². The SMILES string of the molecule is CC(C)(C)COC1=C[C@H](OC2CC(NC(C)(C)C)C2)CC=C1. The van der Waals surface area contributed by atoms with Crippen molar-refractivity contribution in [2.24, 2.45) is 5.41 Å². The maximum atomic E-state index is 6.19. The Morgan fingerprint density at radius 1 is 1.14 bits per heavy atom. The molecule has 0 spiro atoms. The summed E-state index contributed by atoms with van der Waals surface area (Å²) in [5, 5.41) is 3.63. The van der Waals surface area contributed by atoms with Crippen LogP contribution in [0.1, 0.15) is 60.8 Å². The van der Waals surface area contributed by atoms with Crippen LogP contribution in [0.2, 0.25) is 0 Å². The van der Waals surface area contributed by atoms with Gasteiger partial charge in [0.05, 0.1) is 18.8 Å². The third-order valence-corrected chi connectivity index (χ3v) is 3.77. The summed E-state index contributed by atoms with van der Waals surface area (Å²) in [6, 6.07) is 0.602. The van der Waals surface area contributed by atoms with Crippen LogP contribution in [-0.2, 0) is 9.47 Å². The second kappa shape index (κ2) is 6.76. The molecule has 0 aromatic rings. The molecule has 0 saturated heterocycles. The molecule has 1 fully saturated rings. The summed E-state index contributed by atoms with van der Waals surface area (Å²) < 4.78 is 12.1. The standard InChI is InChI=1S/C19H33NO2/c1-18(2,3)13-21-15-8-7-9-16(12-15)22-17-10-14(11-17)20-19(4,5)6/h7-8,12,14,16-17,20H,9-11,13H2,1-6H3/t14?,16-,17?/m1/s1. The van der Waals surface area contributed by atoms with E-state index >= 15 is 0 Å². The highest BCUT2D eigenvalue weighted by molar-refractivity contribution is 5.19. The molecule has 0 heterocycles. The van der Waals surface area contributed by atoms with Gasteiger partial charge in [0, 0.05) is 11.6 Å². The Labute approximate surface area is 136 Å². The number of allylic oxidation sites excluding steroid dienone is 1. The second-order valence-electron chi connectivity index (χ2n) is 8.92. The van der Waals surface area contributed by atoms with Crippen molar-refractivity contribution in [1.29, 1.82) is 0 Å². The molecule has 1 N–H and O–H groups in total. The Morgan fingerprint density at radius 3 is 2.41 bits per heavy atom. The van der Waals surface area contributed by atoms with Gasteiger partial charge in [-0.1, -0.05) is 26.8 Å². The zero-order chi connectivity index (χ0) is 16.4. The highest BCUT2D eigenvalue weighted by atomic mass is 16.5. The van der Waals surface area contributed by atoms with Crippen molar-refractivity contribution >= 4 is 0 Å². The normalized spacial score (nSPS) is 29.0. The summed E-state index contributed by atoms with van der Waals surface area (Å²) in [6.45, 7) is 13.9. The molecule has 2 aliphatic carbocycles. The fourth-order valence-electron chi connectivity index (χ4n) is 2.77. The lowest BCUT2D eigenvalue weighted by atomic mass is 9.87. The molecule has 1 atom stereocenters. The van der Waals surface area contributed by atoms with E-state index in [9.17, 15) is 0 Å². The van der Waals surface area contributed by atoms with E-state index in [1.807, 2.05) is 0 Å². The van der Waals surface area contributed by atoms with E-state index in [-0.39, 0.29) is 17.1 Å². The van der Waals surface area contributed by atoms with Crippen LogP contribution in [0.25, 0.3) is 0 Å². The Balaban J connectivity index is 1.73. The molecule has 2 rings (SSSR count). The van der Waals surface area contributed by atoms with Crippen LogP contribution in [-0.4, -0.2) is 30.4 Å². The van der Waals surface area contributed by atoms with Crippen LogP contribution in [0.5, 0.6) is 0 Å². The van der Waals surface area contributed by atoms with Crippen molar-refractivity contribution in [1.82, 2.24) is 5.32 Å². The fourth-order valence-corrected chi connectivity index (χ4v) is 2.77. The van der Waals surface area contributed by atoms with Crippen LogP contribution < -0.4 is 5.32 Å². The zero-order valence-electron chi connectivity index (χ0n) is 15.1. The third kappa shape index (κ3) is 6.13. The van der Waals surface area contributed by atoms with E-state index in [4.69, 9.17) is 9.47 Å². The van der Waals surface area contributed by atoms with Crippen LogP contribution in [0.15, 0.2) is 24.0 Å². The average molecular weight is 307 g/mol. The minimum atomic E-state index is 0.167.